The van der Waals surface area contributed by atoms with E-state index in [4.69, 9.17) is 0 Å². The summed E-state index contributed by atoms with van der Waals surface area (Å²) in [5.41, 5.74) is 5.75. The summed E-state index contributed by atoms with van der Waals surface area (Å²) in [7, 11) is 0. The van der Waals surface area contributed by atoms with Crippen LogP contribution in [0.15, 0.2) is 84.7 Å². The lowest BCUT2D eigenvalue weighted by molar-refractivity contribution is -0.119. The first-order valence-corrected chi connectivity index (χ1v) is 9.19. The predicted octanol–water partition coefficient (Wildman–Crippen LogP) is 4.60. The molecule has 1 heterocycles. The molecule has 0 bridgehead atoms. The topological polar surface area (TPSA) is 47.0 Å². The van der Waals surface area contributed by atoms with Crippen molar-refractivity contribution in [1.82, 2.24) is 4.98 Å². The number of carbonyl (C=O) groups excluding carboxylic acids is 2. The van der Waals surface area contributed by atoms with Crippen LogP contribution in [-0.2, 0) is 16.0 Å². The van der Waals surface area contributed by atoms with Crippen molar-refractivity contribution in [1.29, 1.82) is 0 Å². The summed E-state index contributed by atoms with van der Waals surface area (Å²) in [6, 6.07) is 19.3. The first-order valence-electron chi connectivity index (χ1n) is 9.19. The van der Waals surface area contributed by atoms with Crippen LogP contribution >= 0.6 is 0 Å². The molecule has 0 saturated heterocycles. The fraction of sp³-hybridized carbons (Fsp3) is 0.0800. The number of nitrogens with zero attached hydrogens (tertiary/aromatic N) is 1. The molecule has 0 unspecified atom stereocenters. The van der Waals surface area contributed by atoms with Crippen LogP contribution in [0.3, 0.4) is 0 Å². The van der Waals surface area contributed by atoms with Crippen LogP contribution in [0.1, 0.15) is 27.8 Å². The van der Waals surface area contributed by atoms with Crippen molar-refractivity contribution in [3.63, 3.8) is 0 Å². The van der Waals surface area contributed by atoms with E-state index in [1.807, 2.05) is 61.5 Å². The number of fused-ring (bicyclic) bond motifs is 1. The number of carbonyl (C=O) groups is 2. The second-order valence-corrected chi connectivity index (χ2v) is 6.85. The highest BCUT2D eigenvalue weighted by atomic mass is 16.1. The lowest BCUT2D eigenvalue weighted by atomic mass is 9.79. The maximum absolute atomic E-state index is 13.1. The molecule has 3 aromatic rings. The number of aromatic nitrogens is 1. The fourth-order valence-electron chi connectivity index (χ4n) is 3.51. The van der Waals surface area contributed by atoms with Gasteiger partial charge in [0.1, 0.15) is 0 Å². The molecule has 0 fully saturated rings. The molecule has 2 aromatic carbocycles. The molecule has 0 spiro atoms. The van der Waals surface area contributed by atoms with E-state index in [2.05, 4.69) is 11.1 Å². The number of pyridine rings is 1. The standard InChI is InChI=1S/C25H19NO2/c1-17-7-9-20-16-23(28)25(22(27)10-8-18-11-13-26-14-12-18)24(21(20)15-17)19-5-3-2-4-6-19/h2-15H,16H2,1H3. The van der Waals surface area contributed by atoms with Crippen LogP contribution < -0.4 is 0 Å². The normalized spacial score (nSPS) is 13.7. The van der Waals surface area contributed by atoms with Gasteiger partial charge < -0.3 is 0 Å². The Morgan fingerprint density at radius 2 is 1.75 bits per heavy atom. The van der Waals surface area contributed by atoms with E-state index >= 15 is 0 Å². The largest absolute Gasteiger partial charge is 0.294 e. The number of Topliss-reactive ketones (excluding diaryl/α,β-unsaturated/α-hetero) is 1. The van der Waals surface area contributed by atoms with Gasteiger partial charge >= 0.3 is 0 Å². The van der Waals surface area contributed by atoms with Gasteiger partial charge in [-0.15, -0.1) is 0 Å². The number of hydrogen-bond acceptors (Lipinski definition) is 3. The third kappa shape index (κ3) is 3.47. The van der Waals surface area contributed by atoms with Gasteiger partial charge in [0.15, 0.2) is 11.6 Å². The molecule has 1 aliphatic carbocycles. The Morgan fingerprint density at radius 3 is 2.50 bits per heavy atom. The molecule has 0 atom stereocenters. The summed E-state index contributed by atoms with van der Waals surface area (Å²) in [5, 5.41) is 0. The second-order valence-electron chi connectivity index (χ2n) is 6.85. The van der Waals surface area contributed by atoms with Crippen LogP contribution in [0, 0.1) is 6.92 Å². The van der Waals surface area contributed by atoms with E-state index in [9.17, 15) is 9.59 Å². The number of allylic oxidation sites excluding steroid dienone is 2. The van der Waals surface area contributed by atoms with Crippen molar-refractivity contribution < 1.29 is 9.59 Å². The molecule has 3 heteroatoms. The van der Waals surface area contributed by atoms with Crippen LogP contribution in [0.5, 0.6) is 0 Å². The van der Waals surface area contributed by atoms with E-state index < -0.39 is 0 Å². The fourth-order valence-corrected chi connectivity index (χ4v) is 3.51. The molecule has 3 nitrogen and oxygen atoms in total. The van der Waals surface area contributed by atoms with Crippen LogP contribution in [0.2, 0.25) is 0 Å². The SMILES string of the molecule is Cc1ccc2c(c1)C(c1ccccc1)=C(C(=O)C=Cc1ccncc1)C(=O)C2. The first-order chi connectivity index (χ1) is 13.6. The Balaban J connectivity index is 1.88. The van der Waals surface area contributed by atoms with Crippen LogP contribution in [0.25, 0.3) is 11.6 Å². The van der Waals surface area contributed by atoms with Gasteiger partial charge in [-0.2, -0.15) is 0 Å². The van der Waals surface area contributed by atoms with Crippen molar-refractivity contribution in [2.24, 2.45) is 0 Å². The van der Waals surface area contributed by atoms with E-state index in [1.54, 1.807) is 18.5 Å². The summed E-state index contributed by atoms with van der Waals surface area (Å²) >= 11 is 0. The van der Waals surface area contributed by atoms with E-state index in [-0.39, 0.29) is 23.6 Å². The van der Waals surface area contributed by atoms with Gasteiger partial charge in [-0.05, 0) is 47.4 Å². The molecule has 1 aromatic heterocycles. The van der Waals surface area contributed by atoms with Crippen molar-refractivity contribution >= 4 is 23.2 Å². The van der Waals surface area contributed by atoms with Gasteiger partial charge in [0, 0.05) is 24.4 Å². The highest BCUT2D eigenvalue weighted by molar-refractivity contribution is 6.32. The van der Waals surface area contributed by atoms with Crippen LogP contribution in [-0.4, -0.2) is 16.6 Å². The molecular formula is C25H19NO2. The maximum Gasteiger partial charge on any atom is 0.190 e. The third-order valence-corrected chi connectivity index (χ3v) is 4.86. The zero-order valence-electron chi connectivity index (χ0n) is 15.6. The Bertz CT molecular complexity index is 1110. The van der Waals surface area contributed by atoms with E-state index in [0.29, 0.717) is 0 Å². The number of aryl methyl sites for hydroxylation is 1. The molecule has 4 rings (SSSR count). The summed E-state index contributed by atoms with van der Waals surface area (Å²) in [6.07, 6.45) is 6.79. The molecule has 0 saturated carbocycles. The van der Waals surface area contributed by atoms with Crippen LogP contribution in [0.4, 0.5) is 0 Å². The van der Waals surface area contributed by atoms with Gasteiger partial charge in [-0.1, -0.05) is 60.2 Å². The van der Waals surface area contributed by atoms with Crippen molar-refractivity contribution in [2.75, 3.05) is 0 Å². The average Bonchev–Trinajstić information content (AvgIpc) is 2.73. The quantitative estimate of drug-likeness (QED) is 0.501. The molecule has 0 amide bonds. The molecule has 1 aliphatic rings. The second kappa shape index (κ2) is 7.57. The molecule has 0 N–H and O–H groups in total. The summed E-state index contributed by atoms with van der Waals surface area (Å²) in [6.45, 7) is 2.02. The summed E-state index contributed by atoms with van der Waals surface area (Å²) in [5.74, 6) is -0.410. The average molecular weight is 365 g/mol. The highest BCUT2D eigenvalue weighted by Crippen LogP contribution is 2.35. The van der Waals surface area contributed by atoms with Crippen molar-refractivity contribution in [3.05, 3.63) is 113 Å². The lowest BCUT2D eigenvalue weighted by Gasteiger charge is -2.22. The zero-order valence-corrected chi connectivity index (χ0v) is 15.6. The number of rotatable bonds is 4. The Morgan fingerprint density at radius 1 is 1.00 bits per heavy atom. The minimum atomic E-state index is -0.271. The number of ketones is 2. The summed E-state index contributed by atoms with van der Waals surface area (Å²) < 4.78 is 0. The van der Waals surface area contributed by atoms with Crippen molar-refractivity contribution in [2.45, 2.75) is 13.3 Å². The molecule has 0 radical (unpaired) electrons. The maximum atomic E-state index is 13.1. The molecule has 0 aliphatic heterocycles. The van der Waals surface area contributed by atoms with Gasteiger partial charge in [0.2, 0.25) is 0 Å². The Labute approximate surface area is 164 Å². The van der Waals surface area contributed by atoms with Gasteiger partial charge in [-0.25, -0.2) is 0 Å². The van der Waals surface area contributed by atoms with Gasteiger partial charge in [-0.3, -0.25) is 14.6 Å². The Hall–Kier alpha value is -3.59. The highest BCUT2D eigenvalue weighted by Gasteiger charge is 2.29. The summed E-state index contributed by atoms with van der Waals surface area (Å²) in [4.78, 5) is 30.0. The zero-order chi connectivity index (χ0) is 19.5. The third-order valence-electron chi connectivity index (χ3n) is 4.86. The smallest absolute Gasteiger partial charge is 0.190 e. The predicted molar refractivity (Wildman–Crippen MR) is 111 cm³/mol. The van der Waals surface area contributed by atoms with Gasteiger partial charge in [0.25, 0.3) is 0 Å². The lowest BCUT2D eigenvalue weighted by Crippen LogP contribution is -2.21. The molecular weight excluding hydrogens is 346 g/mol. The van der Waals surface area contributed by atoms with E-state index in [1.165, 1.54) is 6.08 Å². The first kappa shape index (κ1) is 17.8. The van der Waals surface area contributed by atoms with Gasteiger partial charge in [0.05, 0.1) is 5.57 Å². The monoisotopic (exact) mass is 365 g/mol. The minimum Gasteiger partial charge on any atom is -0.294 e. The Kier molecular flexibility index (Phi) is 4.81. The molecule has 28 heavy (non-hydrogen) atoms. The minimum absolute atomic E-state index is 0.139. The number of benzene rings is 2. The molecule has 136 valence electrons. The van der Waals surface area contributed by atoms with E-state index in [0.717, 1.165) is 33.4 Å². The van der Waals surface area contributed by atoms with Crippen molar-refractivity contribution in [3.8, 4) is 0 Å². The number of hydrogen-bond donors (Lipinski definition) is 0.